The average Bonchev–Trinajstić information content (AvgIpc) is 2.13. The molecule has 1 heterocycles. The molecule has 9 heavy (non-hydrogen) atoms. The van der Waals surface area contributed by atoms with Crippen LogP contribution in [0.1, 0.15) is 12.8 Å². The maximum Gasteiger partial charge on any atom is 0.170 e. The third-order valence-electron chi connectivity index (χ3n) is 1.85. The molecule has 0 aliphatic carbocycles. The van der Waals surface area contributed by atoms with Gasteiger partial charge in [-0.1, -0.05) is 0 Å². The van der Waals surface area contributed by atoms with E-state index in [1.165, 1.54) is 0 Å². The molecule has 3 heteroatoms. The molecule has 48 valence electrons. The van der Waals surface area contributed by atoms with Crippen molar-refractivity contribution in [2.24, 2.45) is 0 Å². The standard InChI is InChI=1S/C6H10BNO/c1-8-4-2-3-5(8)6(7)9/h5H,2-4H2,1H3/t5-/m0/s1. The first-order valence-electron chi connectivity index (χ1n) is 3.21. The highest BCUT2D eigenvalue weighted by atomic mass is 16.1. The maximum absolute atomic E-state index is 10.6. The fourth-order valence-corrected chi connectivity index (χ4v) is 1.27. The molecular formula is C6H10BNO. The normalized spacial score (nSPS) is 28.8. The first kappa shape index (κ1) is 6.81. The Hall–Kier alpha value is -0.305. The zero-order valence-corrected chi connectivity index (χ0v) is 5.63. The smallest absolute Gasteiger partial charge is 0.170 e. The van der Waals surface area contributed by atoms with E-state index in [1.54, 1.807) is 0 Å². The van der Waals surface area contributed by atoms with E-state index in [2.05, 4.69) is 0 Å². The lowest BCUT2D eigenvalue weighted by molar-refractivity contribution is -0.115. The Labute approximate surface area is 56.6 Å². The molecule has 0 aromatic heterocycles. The summed E-state index contributed by atoms with van der Waals surface area (Å²) in [4.78, 5) is 12.6. The molecule has 0 amide bonds. The third-order valence-corrected chi connectivity index (χ3v) is 1.85. The van der Waals surface area contributed by atoms with E-state index in [1.807, 2.05) is 11.9 Å². The molecular weight excluding hydrogens is 113 g/mol. The molecule has 0 aromatic rings. The zero-order chi connectivity index (χ0) is 6.85. The number of carbonyl (C=O) groups excluding carboxylic acids is 1. The Kier molecular flexibility index (Phi) is 1.91. The Morgan fingerprint density at radius 3 is 2.67 bits per heavy atom. The van der Waals surface area contributed by atoms with Crippen molar-refractivity contribution < 1.29 is 4.79 Å². The highest BCUT2D eigenvalue weighted by molar-refractivity contribution is 6.59. The van der Waals surface area contributed by atoms with Gasteiger partial charge >= 0.3 is 0 Å². The van der Waals surface area contributed by atoms with Gasteiger partial charge in [-0.3, -0.25) is 4.90 Å². The van der Waals surface area contributed by atoms with Gasteiger partial charge in [0.2, 0.25) is 0 Å². The van der Waals surface area contributed by atoms with Crippen LogP contribution in [-0.2, 0) is 4.79 Å². The molecule has 0 spiro atoms. The van der Waals surface area contributed by atoms with Crippen molar-refractivity contribution in [3.8, 4) is 0 Å². The number of hydrogen-bond acceptors (Lipinski definition) is 2. The molecule has 2 radical (unpaired) electrons. The summed E-state index contributed by atoms with van der Waals surface area (Å²) in [6.45, 7) is 1.01. The van der Waals surface area contributed by atoms with Crippen LogP contribution in [0.5, 0.6) is 0 Å². The largest absolute Gasteiger partial charge is 0.311 e. The molecule has 1 rings (SSSR count). The van der Waals surface area contributed by atoms with Crippen molar-refractivity contribution in [2.75, 3.05) is 13.6 Å². The van der Waals surface area contributed by atoms with Crippen LogP contribution in [0, 0.1) is 0 Å². The quantitative estimate of drug-likeness (QED) is 0.449. The molecule has 0 saturated carbocycles. The van der Waals surface area contributed by atoms with Crippen LogP contribution in [0.15, 0.2) is 0 Å². The summed E-state index contributed by atoms with van der Waals surface area (Å²) >= 11 is 0. The van der Waals surface area contributed by atoms with Gasteiger partial charge in [-0.15, -0.1) is 0 Å². The first-order chi connectivity index (χ1) is 4.22. The second kappa shape index (κ2) is 2.52. The van der Waals surface area contributed by atoms with Crippen LogP contribution >= 0.6 is 0 Å². The molecule has 0 bridgehead atoms. The minimum atomic E-state index is -0.185. The lowest BCUT2D eigenvalue weighted by atomic mass is 9.94. The first-order valence-corrected chi connectivity index (χ1v) is 3.21. The van der Waals surface area contributed by atoms with E-state index in [-0.39, 0.29) is 11.7 Å². The van der Waals surface area contributed by atoms with Gasteiger partial charge in [0.1, 0.15) is 0 Å². The summed E-state index contributed by atoms with van der Waals surface area (Å²) in [7, 11) is 7.04. The van der Waals surface area contributed by atoms with Crippen LogP contribution in [0.4, 0.5) is 0 Å². The Bertz CT molecular complexity index is 126. The summed E-state index contributed by atoms with van der Waals surface area (Å²) in [6, 6.07) is 0.00463. The van der Waals surface area contributed by atoms with Crippen molar-refractivity contribution in [3.63, 3.8) is 0 Å². The number of likely N-dealkylation sites (tertiary alicyclic amines) is 1. The predicted molar refractivity (Wildman–Crippen MR) is 36.4 cm³/mol. The molecule has 1 aliphatic heterocycles. The second-order valence-corrected chi connectivity index (χ2v) is 2.54. The van der Waals surface area contributed by atoms with E-state index < -0.39 is 0 Å². The van der Waals surface area contributed by atoms with Crippen LogP contribution < -0.4 is 0 Å². The number of carbonyl (C=O) groups is 1. The zero-order valence-electron chi connectivity index (χ0n) is 5.63. The number of nitrogens with zero attached hydrogens (tertiary/aromatic N) is 1. The SMILES string of the molecule is [B]C(=O)[C@@H]1CCCN1C. The van der Waals surface area contributed by atoms with E-state index in [0.717, 1.165) is 19.4 Å². The second-order valence-electron chi connectivity index (χ2n) is 2.54. The number of likely N-dealkylation sites (N-methyl/N-ethyl adjacent to an activating group) is 1. The third kappa shape index (κ3) is 1.33. The Morgan fingerprint density at radius 2 is 2.44 bits per heavy atom. The predicted octanol–water partition coefficient (Wildman–Crippen LogP) is -0.224. The highest BCUT2D eigenvalue weighted by Gasteiger charge is 2.23. The van der Waals surface area contributed by atoms with E-state index >= 15 is 0 Å². The summed E-state index contributed by atoms with van der Waals surface area (Å²) in [5.74, 6) is 0. The summed E-state index contributed by atoms with van der Waals surface area (Å²) in [5.41, 5.74) is -0.185. The van der Waals surface area contributed by atoms with Gasteiger partial charge in [-0.2, -0.15) is 0 Å². The fraction of sp³-hybridized carbons (Fsp3) is 0.833. The molecule has 1 aliphatic rings. The van der Waals surface area contributed by atoms with Gasteiger partial charge in [-0.25, -0.2) is 0 Å². The minimum Gasteiger partial charge on any atom is -0.311 e. The van der Waals surface area contributed by atoms with E-state index in [9.17, 15) is 4.79 Å². The minimum absolute atomic E-state index is 0.00463. The molecule has 1 fully saturated rings. The van der Waals surface area contributed by atoms with Crippen LogP contribution in [0.2, 0.25) is 0 Å². The Morgan fingerprint density at radius 1 is 1.78 bits per heavy atom. The highest BCUT2D eigenvalue weighted by Crippen LogP contribution is 2.13. The lowest BCUT2D eigenvalue weighted by Crippen LogP contribution is -2.32. The average molecular weight is 123 g/mol. The lowest BCUT2D eigenvalue weighted by Gasteiger charge is -2.15. The van der Waals surface area contributed by atoms with Gasteiger partial charge in [0.25, 0.3) is 0 Å². The van der Waals surface area contributed by atoms with Crippen molar-refractivity contribution >= 4 is 13.5 Å². The van der Waals surface area contributed by atoms with Crippen LogP contribution in [-0.4, -0.2) is 38.1 Å². The van der Waals surface area contributed by atoms with Gasteiger partial charge in [0.05, 0.1) is 11.7 Å². The van der Waals surface area contributed by atoms with Gasteiger partial charge < -0.3 is 4.79 Å². The molecule has 1 atom stereocenters. The molecule has 0 unspecified atom stereocenters. The van der Waals surface area contributed by atoms with Gasteiger partial charge in [0, 0.05) is 0 Å². The topological polar surface area (TPSA) is 20.3 Å². The van der Waals surface area contributed by atoms with E-state index in [4.69, 9.17) is 7.85 Å². The van der Waals surface area contributed by atoms with Crippen LogP contribution in [0.3, 0.4) is 0 Å². The van der Waals surface area contributed by atoms with Crippen molar-refractivity contribution in [1.82, 2.24) is 4.90 Å². The van der Waals surface area contributed by atoms with Crippen molar-refractivity contribution in [2.45, 2.75) is 18.9 Å². The summed E-state index contributed by atoms with van der Waals surface area (Å²) in [5, 5.41) is 0. The van der Waals surface area contributed by atoms with Crippen LogP contribution in [0.25, 0.3) is 0 Å². The number of rotatable bonds is 1. The van der Waals surface area contributed by atoms with Gasteiger partial charge in [0.15, 0.2) is 7.85 Å². The van der Waals surface area contributed by atoms with E-state index in [0.29, 0.717) is 0 Å². The van der Waals surface area contributed by atoms with Gasteiger partial charge in [-0.05, 0) is 26.4 Å². The molecule has 0 N–H and O–H groups in total. The van der Waals surface area contributed by atoms with Crippen molar-refractivity contribution in [1.29, 1.82) is 0 Å². The maximum atomic E-state index is 10.6. The monoisotopic (exact) mass is 123 g/mol. The fourth-order valence-electron chi connectivity index (χ4n) is 1.27. The molecule has 2 nitrogen and oxygen atoms in total. The molecule has 0 aromatic carbocycles. The number of hydrogen-bond donors (Lipinski definition) is 0. The molecule has 1 saturated heterocycles. The summed E-state index contributed by atoms with van der Waals surface area (Å²) < 4.78 is 0. The Balaban J connectivity index is 2.49. The van der Waals surface area contributed by atoms with Crippen molar-refractivity contribution in [3.05, 3.63) is 0 Å². The summed E-state index contributed by atoms with van der Waals surface area (Å²) in [6.07, 6.45) is 2.04.